The third-order valence-electron chi connectivity index (χ3n) is 10.5. The van der Waals surface area contributed by atoms with Crippen LogP contribution in [0.2, 0.25) is 0 Å². The summed E-state index contributed by atoms with van der Waals surface area (Å²) in [5.41, 5.74) is 8.65. The van der Waals surface area contributed by atoms with Crippen molar-refractivity contribution in [3.05, 3.63) is 77.9 Å². The van der Waals surface area contributed by atoms with Crippen molar-refractivity contribution in [3.8, 4) is 22.3 Å². The molecule has 5 unspecified atom stereocenters. The predicted octanol–water partition coefficient (Wildman–Crippen LogP) is 6.44. The van der Waals surface area contributed by atoms with Gasteiger partial charge in [-0.1, -0.05) is 72.2 Å². The van der Waals surface area contributed by atoms with Crippen molar-refractivity contribution in [2.75, 3.05) is 0 Å². The summed E-state index contributed by atoms with van der Waals surface area (Å²) < 4.78 is 5.95. The first kappa shape index (κ1) is 21.9. The fourth-order valence-electron chi connectivity index (χ4n) is 7.79. The average molecular weight is 461 g/mol. The largest absolute Gasteiger partial charge is 0.427 e. The van der Waals surface area contributed by atoms with E-state index in [0.29, 0.717) is 5.41 Å². The molecule has 5 atom stereocenters. The van der Waals surface area contributed by atoms with Crippen molar-refractivity contribution >= 4 is 12.9 Å². The summed E-state index contributed by atoms with van der Waals surface area (Å²) in [5.74, 6) is 3.38. The van der Waals surface area contributed by atoms with E-state index in [2.05, 4.69) is 66.7 Å². The van der Waals surface area contributed by atoms with Crippen LogP contribution in [-0.4, -0.2) is 23.8 Å². The second-order valence-corrected chi connectivity index (χ2v) is 12.5. The second-order valence-electron chi connectivity index (χ2n) is 12.5. The van der Waals surface area contributed by atoms with Crippen molar-refractivity contribution in [2.24, 2.45) is 17.3 Å². The molecule has 35 heavy (non-hydrogen) atoms. The maximum atomic E-state index is 10.4. The fourth-order valence-corrected chi connectivity index (χ4v) is 7.79. The number of benzene rings is 3. The van der Waals surface area contributed by atoms with Crippen LogP contribution in [0.5, 0.6) is 0 Å². The highest BCUT2D eigenvalue weighted by Gasteiger charge is 2.76. The molecule has 7 rings (SSSR count). The molecule has 0 saturated heterocycles. The number of hydrogen-bond acceptors (Lipinski definition) is 2. The van der Waals surface area contributed by atoms with Gasteiger partial charge in [-0.2, -0.15) is 0 Å². The zero-order valence-corrected chi connectivity index (χ0v) is 21.2. The molecule has 4 aliphatic rings. The quantitative estimate of drug-likeness (QED) is 0.443. The molecule has 3 saturated carbocycles. The fraction of sp³-hybridized carbons (Fsp3) is 0.438. The van der Waals surface area contributed by atoms with Crippen LogP contribution in [0, 0.1) is 17.3 Å². The minimum absolute atomic E-state index is 0.559. The lowest BCUT2D eigenvalue weighted by molar-refractivity contribution is -0.252. The molecule has 0 amide bonds. The van der Waals surface area contributed by atoms with Crippen LogP contribution in [0.25, 0.3) is 22.3 Å². The van der Waals surface area contributed by atoms with Gasteiger partial charge in [0.25, 0.3) is 0 Å². The maximum Gasteiger partial charge on any atom is 0.330 e. The van der Waals surface area contributed by atoms with Gasteiger partial charge in [0, 0.05) is 0 Å². The summed E-state index contributed by atoms with van der Waals surface area (Å²) in [6, 6.07) is 25.0. The summed E-state index contributed by atoms with van der Waals surface area (Å²) in [5, 5.41) is 10.4. The Kier molecular flexibility index (Phi) is 4.45. The molecule has 2 nitrogen and oxygen atoms in total. The van der Waals surface area contributed by atoms with Gasteiger partial charge in [0.2, 0.25) is 0 Å². The van der Waals surface area contributed by atoms with Crippen molar-refractivity contribution in [2.45, 2.75) is 70.0 Å². The standard InChI is InChI=1S/C32H34BO2/c1-30(2,34)31(3,4)35-33-23-12-9-19(10-13-23)20-11-14-25-24-7-5-6-8-26(24)28-17-21-16-22-18-29(27(25)15-20)32(21,22)28/h5-15,21-22,28-29,34H,16-18H2,1-4H3. The first-order valence-electron chi connectivity index (χ1n) is 13.3. The van der Waals surface area contributed by atoms with Crippen LogP contribution in [0.3, 0.4) is 0 Å². The molecule has 3 fully saturated rings. The molecule has 0 bridgehead atoms. The summed E-state index contributed by atoms with van der Waals surface area (Å²) in [7, 11) is 1.76. The number of aliphatic hydroxyl groups is 1. The zero-order valence-electron chi connectivity index (χ0n) is 21.2. The highest BCUT2D eigenvalue weighted by atomic mass is 16.5. The lowest BCUT2D eigenvalue weighted by atomic mass is 9.25. The van der Waals surface area contributed by atoms with Crippen LogP contribution in [-0.2, 0) is 4.65 Å². The molecular formula is C32H34BO2. The smallest absolute Gasteiger partial charge is 0.330 e. The molecule has 3 heteroatoms. The van der Waals surface area contributed by atoms with E-state index in [9.17, 15) is 5.11 Å². The van der Waals surface area contributed by atoms with Crippen LogP contribution in [0.4, 0.5) is 0 Å². The molecule has 3 aromatic rings. The highest BCUT2D eigenvalue weighted by Crippen LogP contribution is 2.85. The first-order chi connectivity index (χ1) is 16.7. The molecule has 4 aliphatic carbocycles. The topological polar surface area (TPSA) is 29.5 Å². The van der Waals surface area contributed by atoms with Gasteiger partial charge in [-0.25, -0.2) is 0 Å². The van der Waals surface area contributed by atoms with E-state index in [1.165, 1.54) is 41.5 Å². The Morgan fingerprint density at radius 3 is 2.09 bits per heavy atom. The average Bonchev–Trinajstić information content (AvgIpc) is 2.91. The van der Waals surface area contributed by atoms with Crippen LogP contribution in [0.15, 0.2) is 66.7 Å². The molecule has 0 aliphatic heterocycles. The Hall–Kier alpha value is -2.36. The van der Waals surface area contributed by atoms with E-state index in [1.54, 1.807) is 32.5 Å². The SMILES string of the molecule is CC(C)(O)C(C)(C)O[B]c1ccc(-c2ccc3c(c2)C2CC4CC5CC(c6ccccc6-3)C542)cc1. The summed E-state index contributed by atoms with van der Waals surface area (Å²) in [6.45, 7) is 7.38. The Bertz CT molecular complexity index is 1310. The number of hydrogen-bond donors (Lipinski definition) is 1. The molecule has 0 aromatic heterocycles. The third-order valence-corrected chi connectivity index (χ3v) is 10.5. The molecule has 1 radical (unpaired) electrons. The van der Waals surface area contributed by atoms with Gasteiger partial charge >= 0.3 is 7.48 Å². The van der Waals surface area contributed by atoms with E-state index in [1.807, 2.05) is 13.8 Å². The van der Waals surface area contributed by atoms with Crippen molar-refractivity contribution < 1.29 is 9.76 Å². The summed E-state index contributed by atoms with van der Waals surface area (Å²) in [4.78, 5) is 0. The van der Waals surface area contributed by atoms with E-state index in [4.69, 9.17) is 4.65 Å². The molecule has 0 heterocycles. The lowest BCUT2D eigenvalue weighted by Crippen LogP contribution is -2.70. The van der Waals surface area contributed by atoms with Crippen LogP contribution >= 0.6 is 0 Å². The van der Waals surface area contributed by atoms with Gasteiger partial charge in [0.15, 0.2) is 0 Å². The molecular weight excluding hydrogens is 427 g/mol. The van der Waals surface area contributed by atoms with Crippen molar-refractivity contribution in [3.63, 3.8) is 0 Å². The van der Waals surface area contributed by atoms with Gasteiger partial charge in [0.1, 0.15) is 0 Å². The summed E-state index contributed by atoms with van der Waals surface area (Å²) in [6.07, 6.45) is 4.24. The van der Waals surface area contributed by atoms with Gasteiger partial charge in [-0.15, -0.1) is 0 Å². The second kappa shape index (κ2) is 7.11. The Labute approximate surface area is 210 Å². The molecule has 1 spiro atoms. The predicted molar refractivity (Wildman–Crippen MR) is 143 cm³/mol. The number of fused-ring (bicyclic) bond motifs is 5. The van der Waals surface area contributed by atoms with Crippen molar-refractivity contribution in [1.82, 2.24) is 0 Å². The maximum absolute atomic E-state index is 10.4. The van der Waals surface area contributed by atoms with Gasteiger partial charge < -0.3 is 9.76 Å². The van der Waals surface area contributed by atoms with E-state index in [-0.39, 0.29) is 0 Å². The summed E-state index contributed by atoms with van der Waals surface area (Å²) >= 11 is 0. The third kappa shape index (κ3) is 2.86. The lowest BCUT2D eigenvalue weighted by Gasteiger charge is -2.78. The van der Waals surface area contributed by atoms with Crippen LogP contribution in [0.1, 0.15) is 69.9 Å². The van der Waals surface area contributed by atoms with Crippen LogP contribution < -0.4 is 5.46 Å². The molecule has 177 valence electrons. The minimum atomic E-state index is -0.928. The van der Waals surface area contributed by atoms with E-state index in [0.717, 1.165) is 29.1 Å². The van der Waals surface area contributed by atoms with Gasteiger partial charge in [-0.05, 0) is 109 Å². The highest BCUT2D eigenvalue weighted by molar-refractivity contribution is 6.47. The first-order valence-corrected chi connectivity index (χ1v) is 13.3. The monoisotopic (exact) mass is 461 g/mol. The van der Waals surface area contributed by atoms with E-state index < -0.39 is 11.2 Å². The normalized spacial score (nSPS) is 29.7. The van der Waals surface area contributed by atoms with E-state index >= 15 is 0 Å². The van der Waals surface area contributed by atoms with Gasteiger partial charge in [0.05, 0.1) is 11.2 Å². The minimum Gasteiger partial charge on any atom is -0.427 e. The van der Waals surface area contributed by atoms with Crippen molar-refractivity contribution in [1.29, 1.82) is 0 Å². The number of rotatable bonds is 5. The van der Waals surface area contributed by atoms with Gasteiger partial charge in [-0.3, -0.25) is 0 Å². The molecule has 1 N–H and O–H groups in total. The Morgan fingerprint density at radius 1 is 0.771 bits per heavy atom. The molecule has 3 aromatic carbocycles. The Morgan fingerprint density at radius 2 is 1.40 bits per heavy atom. The Balaban J connectivity index is 1.21. The zero-order chi connectivity index (χ0) is 24.2.